The second-order valence-electron chi connectivity index (χ2n) is 7.66. The van der Waals surface area contributed by atoms with Crippen LogP contribution in [0.25, 0.3) is 21.9 Å². The van der Waals surface area contributed by atoms with E-state index in [4.69, 9.17) is 4.42 Å². The molecule has 0 unspecified atom stereocenters. The molecule has 6 nitrogen and oxygen atoms in total. The lowest BCUT2D eigenvalue weighted by molar-refractivity contribution is -0.122. The zero-order valence-corrected chi connectivity index (χ0v) is 16.1. The van der Waals surface area contributed by atoms with Crippen LogP contribution in [0.2, 0.25) is 0 Å². The maximum atomic E-state index is 12.8. The molecule has 4 aromatic rings. The molecular formula is C23H21N3O3. The van der Waals surface area contributed by atoms with Gasteiger partial charge in [-0.1, -0.05) is 35.9 Å². The smallest absolute Gasteiger partial charge is 0.347 e. The van der Waals surface area contributed by atoms with Crippen LogP contribution in [0, 0.1) is 6.92 Å². The van der Waals surface area contributed by atoms with Gasteiger partial charge in [0.2, 0.25) is 5.91 Å². The monoisotopic (exact) mass is 387 g/mol. The number of carbonyl (C=O) groups excluding carboxylic acids is 1. The van der Waals surface area contributed by atoms with Crippen molar-refractivity contribution >= 4 is 27.8 Å². The van der Waals surface area contributed by atoms with Crippen molar-refractivity contribution in [1.82, 2.24) is 15.1 Å². The van der Waals surface area contributed by atoms with Crippen LogP contribution in [-0.2, 0) is 17.8 Å². The van der Waals surface area contributed by atoms with Gasteiger partial charge in [-0.2, -0.15) is 5.10 Å². The zero-order valence-electron chi connectivity index (χ0n) is 16.1. The van der Waals surface area contributed by atoms with Gasteiger partial charge in [0.1, 0.15) is 17.5 Å². The molecule has 0 saturated heterocycles. The number of nitrogens with one attached hydrogen (secondary N) is 1. The first-order chi connectivity index (χ1) is 14.1. The summed E-state index contributed by atoms with van der Waals surface area (Å²) in [5, 5.41) is 8.63. The summed E-state index contributed by atoms with van der Waals surface area (Å²) in [4.78, 5) is 25.2. The van der Waals surface area contributed by atoms with E-state index in [2.05, 4.69) is 22.5 Å². The molecule has 0 saturated carbocycles. The van der Waals surface area contributed by atoms with Crippen LogP contribution in [0.5, 0.6) is 0 Å². The zero-order chi connectivity index (χ0) is 20.0. The molecule has 2 aromatic carbocycles. The highest BCUT2D eigenvalue weighted by molar-refractivity contribution is 6.02. The minimum atomic E-state index is -0.441. The van der Waals surface area contributed by atoms with E-state index in [1.807, 2.05) is 31.2 Å². The Labute approximate surface area is 167 Å². The number of hydrogen-bond donors (Lipinski definition) is 1. The van der Waals surface area contributed by atoms with Crippen LogP contribution in [0.4, 0.5) is 0 Å². The van der Waals surface area contributed by atoms with Crippen molar-refractivity contribution < 1.29 is 9.21 Å². The van der Waals surface area contributed by atoms with Gasteiger partial charge in [0, 0.05) is 5.39 Å². The molecular weight excluding hydrogens is 366 g/mol. The number of aryl methyl sites for hydroxylation is 2. The van der Waals surface area contributed by atoms with Crippen molar-refractivity contribution in [2.75, 3.05) is 0 Å². The highest BCUT2D eigenvalue weighted by atomic mass is 16.4. The van der Waals surface area contributed by atoms with Crippen LogP contribution in [0.15, 0.2) is 57.9 Å². The largest absolute Gasteiger partial charge is 0.422 e. The first-order valence-corrected chi connectivity index (χ1v) is 9.86. The fourth-order valence-corrected chi connectivity index (χ4v) is 4.29. The lowest BCUT2D eigenvalue weighted by Crippen LogP contribution is -2.33. The summed E-state index contributed by atoms with van der Waals surface area (Å²) in [6, 6.07) is 13.9. The Morgan fingerprint density at radius 1 is 1.24 bits per heavy atom. The predicted molar refractivity (Wildman–Crippen MR) is 111 cm³/mol. The molecule has 1 amide bonds. The number of aromatic nitrogens is 2. The molecule has 0 radical (unpaired) electrons. The van der Waals surface area contributed by atoms with E-state index in [-0.39, 0.29) is 18.5 Å². The fraction of sp³-hybridized carbons (Fsp3) is 0.261. The molecule has 1 N–H and O–H groups in total. The lowest BCUT2D eigenvalue weighted by atomic mass is 9.88. The molecule has 0 bridgehead atoms. The van der Waals surface area contributed by atoms with Crippen molar-refractivity contribution in [1.29, 1.82) is 0 Å². The van der Waals surface area contributed by atoms with Crippen LogP contribution >= 0.6 is 0 Å². The highest BCUT2D eigenvalue weighted by Crippen LogP contribution is 2.29. The molecule has 6 heteroatoms. The first kappa shape index (κ1) is 17.7. The predicted octanol–water partition coefficient (Wildman–Crippen LogP) is 3.64. The van der Waals surface area contributed by atoms with Gasteiger partial charge in [-0.3, -0.25) is 9.48 Å². The molecule has 29 heavy (non-hydrogen) atoms. The third kappa shape index (κ3) is 3.10. The van der Waals surface area contributed by atoms with Crippen molar-refractivity contribution in [3.05, 3.63) is 75.8 Å². The Kier molecular flexibility index (Phi) is 4.19. The van der Waals surface area contributed by atoms with Gasteiger partial charge >= 0.3 is 5.63 Å². The summed E-state index contributed by atoms with van der Waals surface area (Å²) in [6.07, 6.45) is 4.51. The minimum Gasteiger partial charge on any atom is -0.422 e. The molecule has 0 fully saturated rings. The van der Waals surface area contributed by atoms with Gasteiger partial charge in [-0.15, -0.1) is 0 Å². The Morgan fingerprint density at radius 2 is 2.10 bits per heavy atom. The normalized spacial score (nSPS) is 16.1. The van der Waals surface area contributed by atoms with Crippen molar-refractivity contribution in [2.45, 2.75) is 38.8 Å². The number of nitrogens with zero attached hydrogens (tertiary/aromatic N) is 2. The van der Waals surface area contributed by atoms with E-state index in [1.54, 1.807) is 10.7 Å². The van der Waals surface area contributed by atoms with E-state index in [1.165, 1.54) is 17.3 Å². The number of fused-ring (bicyclic) bond motifs is 4. The third-order valence-electron chi connectivity index (χ3n) is 5.65. The third-order valence-corrected chi connectivity index (χ3v) is 5.65. The second kappa shape index (κ2) is 6.88. The van der Waals surface area contributed by atoms with Gasteiger partial charge < -0.3 is 9.73 Å². The number of benzene rings is 2. The summed E-state index contributed by atoms with van der Waals surface area (Å²) in [6.45, 7) is 2.03. The average Bonchev–Trinajstić information content (AvgIpc) is 3.13. The molecule has 146 valence electrons. The van der Waals surface area contributed by atoms with Gasteiger partial charge in [0.15, 0.2) is 0 Å². The molecule has 2 heterocycles. The molecule has 0 aliphatic heterocycles. The summed E-state index contributed by atoms with van der Waals surface area (Å²) < 4.78 is 6.99. The van der Waals surface area contributed by atoms with E-state index < -0.39 is 5.63 Å². The van der Waals surface area contributed by atoms with E-state index in [0.29, 0.717) is 16.5 Å². The number of carbonyl (C=O) groups is 1. The van der Waals surface area contributed by atoms with Gasteiger partial charge in [0.25, 0.3) is 0 Å². The molecule has 1 aliphatic carbocycles. The Morgan fingerprint density at radius 3 is 3.00 bits per heavy atom. The molecule has 1 aliphatic rings. The van der Waals surface area contributed by atoms with Gasteiger partial charge in [-0.25, -0.2) is 4.79 Å². The number of amides is 1. The van der Waals surface area contributed by atoms with E-state index in [9.17, 15) is 9.59 Å². The number of hydrogen-bond acceptors (Lipinski definition) is 4. The topological polar surface area (TPSA) is 77.1 Å². The first-order valence-electron chi connectivity index (χ1n) is 9.86. The van der Waals surface area contributed by atoms with Crippen LogP contribution < -0.4 is 10.9 Å². The molecule has 2 aromatic heterocycles. The van der Waals surface area contributed by atoms with Crippen LogP contribution in [0.3, 0.4) is 0 Å². The number of rotatable bonds is 3. The quantitative estimate of drug-likeness (QED) is 0.545. The summed E-state index contributed by atoms with van der Waals surface area (Å²) in [5.74, 6) is -0.120. The summed E-state index contributed by atoms with van der Waals surface area (Å²) in [5.41, 5.74) is 4.23. The Bertz CT molecular complexity index is 1300. The minimum absolute atomic E-state index is 0.0123. The van der Waals surface area contributed by atoms with Crippen LogP contribution in [-0.4, -0.2) is 15.7 Å². The van der Waals surface area contributed by atoms with E-state index >= 15 is 0 Å². The standard InChI is InChI=1S/C23H21N3O3/c1-14-9-10-20-17(11-14)22-18(23(28)29-20)12-24-26(22)13-21(27)25-19-8-4-6-15-5-2-3-7-16(15)19/h2-3,5,7,9-12,19H,4,6,8,13H2,1H3,(H,25,27)/t19-/m1/s1. The molecule has 1 atom stereocenters. The summed E-state index contributed by atoms with van der Waals surface area (Å²) >= 11 is 0. The fourth-order valence-electron chi connectivity index (χ4n) is 4.29. The SMILES string of the molecule is Cc1ccc2oc(=O)c3cnn(CC(=O)N[C@@H]4CCCc5ccccc54)c3c2c1. The Hall–Kier alpha value is -3.41. The molecule has 0 spiro atoms. The Balaban J connectivity index is 1.48. The highest BCUT2D eigenvalue weighted by Gasteiger charge is 2.22. The lowest BCUT2D eigenvalue weighted by Gasteiger charge is -2.26. The van der Waals surface area contributed by atoms with Gasteiger partial charge in [0.05, 0.1) is 17.8 Å². The van der Waals surface area contributed by atoms with Crippen molar-refractivity contribution in [2.24, 2.45) is 0 Å². The van der Waals surface area contributed by atoms with Gasteiger partial charge in [-0.05, 0) is 49.4 Å². The maximum Gasteiger partial charge on any atom is 0.347 e. The van der Waals surface area contributed by atoms with E-state index in [0.717, 1.165) is 30.2 Å². The maximum absolute atomic E-state index is 12.8. The van der Waals surface area contributed by atoms with Crippen molar-refractivity contribution in [3.63, 3.8) is 0 Å². The average molecular weight is 387 g/mol. The second-order valence-corrected chi connectivity index (χ2v) is 7.66. The summed E-state index contributed by atoms with van der Waals surface area (Å²) in [7, 11) is 0. The van der Waals surface area contributed by atoms with Crippen molar-refractivity contribution in [3.8, 4) is 0 Å². The van der Waals surface area contributed by atoms with Crippen LogP contribution in [0.1, 0.15) is 35.6 Å². The molecule has 5 rings (SSSR count).